The molecule has 16 heavy (non-hydrogen) atoms. The highest BCUT2D eigenvalue weighted by Crippen LogP contribution is 2.22. The van der Waals surface area contributed by atoms with Gasteiger partial charge < -0.3 is 10.5 Å². The fourth-order valence-corrected chi connectivity index (χ4v) is 1.66. The molecule has 82 valence electrons. The lowest BCUT2D eigenvalue weighted by molar-refractivity contribution is 0.415. The van der Waals surface area contributed by atoms with Crippen molar-refractivity contribution in [2.45, 2.75) is 6.54 Å². The highest BCUT2D eigenvalue weighted by Gasteiger charge is 1.99. The smallest absolute Gasteiger partial charge is 0.118 e. The van der Waals surface area contributed by atoms with Crippen LogP contribution >= 0.6 is 0 Å². The van der Waals surface area contributed by atoms with Gasteiger partial charge in [-0.1, -0.05) is 30.3 Å². The van der Waals surface area contributed by atoms with Gasteiger partial charge in [0.2, 0.25) is 0 Å². The van der Waals surface area contributed by atoms with Crippen LogP contribution in [0, 0.1) is 0 Å². The summed E-state index contributed by atoms with van der Waals surface area (Å²) >= 11 is 0. The van der Waals surface area contributed by atoms with Gasteiger partial charge in [0.25, 0.3) is 0 Å². The molecule has 0 spiro atoms. The molecular weight excluding hydrogens is 198 g/mol. The zero-order valence-corrected chi connectivity index (χ0v) is 9.31. The van der Waals surface area contributed by atoms with Crippen LogP contribution in [-0.2, 0) is 6.54 Å². The minimum absolute atomic E-state index is 0.573. The summed E-state index contributed by atoms with van der Waals surface area (Å²) in [7, 11) is 1.67. The molecule has 0 aromatic heterocycles. The third kappa shape index (κ3) is 2.23. The molecule has 0 bridgehead atoms. The van der Waals surface area contributed by atoms with Gasteiger partial charge in [0, 0.05) is 6.54 Å². The summed E-state index contributed by atoms with van der Waals surface area (Å²) < 4.78 is 5.13. The van der Waals surface area contributed by atoms with Gasteiger partial charge in [-0.25, -0.2) is 0 Å². The Bertz CT molecular complexity index is 462. The summed E-state index contributed by atoms with van der Waals surface area (Å²) in [4.78, 5) is 0. The van der Waals surface area contributed by atoms with E-state index in [0.29, 0.717) is 6.54 Å². The maximum atomic E-state index is 5.62. The molecule has 0 aliphatic heterocycles. The van der Waals surface area contributed by atoms with E-state index < -0.39 is 0 Å². The molecule has 2 aromatic carbocycles. The molecule has 0 fully saturated rings. The maximum absolute atomic E-state index is 5.62. The van der Waals surface area contributed by atoms with Crippen LogP contribution in [0.25, 0.3) is 11.1 Å². The second-order valence-electron chi connectivity index (χ2n) is 3.63. The lowest BCUT2D eigenvalue weighted by Gasteiger charge is -2.05. The minimum Gasteiger partial charge on any atom is -0.497 e. The van der Waals surface area contributed by atoms with Crippen molar-refractivity contribution in [3.8, 4) is 16.9 Å². The van der Waals surface area contributed by atoms with Gasteiger partial charge in [-0.05, 0) is 34.9 Å². The highest BCUT2D eigenvalue weighted by molar-refractivity contribution is 5.64. The summed E-state index contributed by atoms with van der Waals surface area (Å²) in [6, 6.07) is 16.3. The van der Waals surface area contributed by atoms with Gasteiger partial charge >= 0.3 is 0 Å². The fourth-order valence-electron chi connectivity index (χ4n) is 1.66. The normalized spacial score (nSPS) is 10.1. The van der Waals surface area contributed by atoms with Gasteiger partial charge in [-0.2, -0.15) is 0 Å². The SMILES string of the molecule is COc1ccc(-c2cccc(CN)c2)cc1. The Morgan fingerprint density at radius 1 is 1.00 bits per heavy atom. The molecule has 0 radical (unpaired) electrons. The number of hydrogen-bond acceptors (Lipinski definition) is 2. The first-order chi connectivity index (χ1) is 7.83. The third-order valence-electron chi connectivity index (χ3n) is 2.59. The average molecular weight is 213 g/mol. The van der Waals surface area contributed by atoms with E-state index in [2.05, 4.69) is 24.3 Å². The molecule has 2 nitrogen and oxygen atoms in total. The van der Waals surface area contributed by atoms with Gasteiger partial charge in [-0.15, -0.1) is 0 Å². The van der Waals surface area contributed by atoms with Crippen molar-refractivity contribution < 1.29 is 4.74 Å². The molecule has 0 atom stereocenters. The molecule has 2 aromatic rings. The van der Waals surface area contributed by atoms with E-state index in [1.165, 1.54) is 11.1 Å². The first-order valence-electron chi connectivity index (χ1n) is 5.27. The predicted octanol–water partition coefficient (Wildman–Crippen LogP) is 2.82. The number of hydrogen-bond donors (Lipinski definition) is 1. The Morgan fingerprint density at radius 3 is 2.38 bits per heavy atom. The van der Waals surface area contributed by atoms with E-state index in [1.807, 2.05) is 24.3 Å². The topological polar surface area (TPSA) is 35.2 Å². The van der Waals surface area contributed by atoms with Crippen LogP contribution in [0.4, 0.5) is 0 Å². The Hall–Kier alpha value is -1.80. The molecule has 0 aliphatic rings. The van der Waals surface area contributed by atoms with Crippen molar-refractivity contribution in [3.63, 3.8) is 0 Å². The predicted molar refractivity (Wildman–Crippen MR) is 66.3 cm³/mol. The first-order valence-corrected chi connectivity index (χ1v) is 5.27. The van der Waals surface area contributed by atoms with Crippen LogP contribution in [0.2, 0.25) is 0 Å². The third-order valence-corrected chi connectivity index (χ3v) is 2.59. The van der Waals surface area contributed by atoms with Crippen LogP contribution in [0.5, 0.6) is 5.75 Å². The zero-order chi connectivity index (χ0) is 11.4. The van der Waals surface area contributed by atoms with Gasteiger partial charge in [0.1, 0.15) is 5.75 Å². The van der Waals surface area contributed by atoms with E-state index in [0.717, 1.165) is 11.3 Å². The van der Waals surface area contributed by atoms with E-state index in [1.54, 1.807) is 7.11 Å². The molecule has 2 rings (SSSR count). The lowest BCUT2D eigenvalue weighted by atomic mass is 10.0. The second-order valence-corrected chi connectivity index (χ2v) is 3.63. The van der Waals surface area contributed by atoms with Crippen LogP contribution in [0.15, 0.2) is 48.5 Å². The standard InChI is InChI=1S/C14H15NO/c1-16-14-7-5-12(6-8-14)13-4-2-3-11(9-13)10-15/h2-9H,10,15H2,1H3. The van der Waals surface area contributed by atoms with Crippen LogP contribution in [-0.4, -0.2) is 7.11 Å². The minimum atomic E-state index is 0.573. The number of methoxy groups -OCH3 is 1. The van der Waals surface area contributed by atoms with Crippen molar-refractivity contribution in [3.05, 3.63) is 54.1 Å². The van der Waals surface area contributed by atoms with E-state index >= 15 is 0 Å². The molecule has 0 saturated carbocycles. The zero-order valence-electron chi connectivity index (χ0n) is 9.31. The summed E-state index contributed by atoms with van der Waals surface area (Å²) in [6.45, 7) is 0.573. The van der Waals surface area contributed by atoms with Crippen molar-refractivity contribution in [2.24, 2.45) is 5.73 Å². The first kappa shape index (κ1) is 10.7. The Labute approximate surface area is 95.7 Å². The van der Waals surface area contributed by atoms with E-state index in [-0.39, 0.29) is 0 Å². The number of ether oxygens (including phenoxy) is 1. The molecule has 0 heterocycles. The van der Waals surface area contributed by atoms with Crippen LogP contribution in [0.1, 0.15) is 5.56 Å². The maximum Gasteiger partial charge on any atom is 0.118 e. The van der Waals surface area contributed by atoms with E-state index in [9.17, 15) is 0 Å². The van der Waals surface area contributed by atoms with E-state index in [4.69, 9.17) is 10.5 Å². The Kier molecular flexibility index (Phi) is 3.22. The molecule has 0 saturated heterocycles. The molecule has 0 aliphatic carbocycles. The highest BCUT2D eigenvalue weighted by atomic mass is 16.5. The summed E-state index contributed by atoms with van der Waals surface area (Å²) in [6.07, 6.45) is 0. The quantitative estimate of drug-likeness (QED) is 0.850. The summed E-state index contributed by atoms with van der Waals surface area (Å²) in [5.74, 6) is 0.874. The van der Waals surface area contributed by atoms with Crippen molar-refractivity contribution in [1.29, 1.82) is 0 Å². The molecule has 2 heteroatoms. The average Bonchev–Trinajstić information content (AvgIpc) is 2.39. The lowest BCUT2D eigenvalue weighted by Crippen LogP contribution is -1.95. The second kappa shape index (κ2) is 4.81. The molecular formula is C14H15NO. The number of nitrogens with two attached hydrogens (primary N) is 1. The Balaban J connectivity index is 2.34. The van der Waals surface area contributed by atoms with Crippen molar-refractivity contribution >= 4 is 0 Å². The van der Waals surface area contributed by atoms with Crippen molar-refractivity contribution in [2.75, 3.05) is 7.11 Å². The van der Waals surface area contributed by atoms with Crippen molar-refractivity contribution in [1.82, 2.24) is 0 Å². The van der Waals surface area contributed by atoms with Gasteiger partial charge in [-0.3, -0.25) is 0 Å². The summed E-state index contributed by atoms with van der Waals surface area (Å²) in [5.41, 5.74) is 9.13. The van der Waals surface area contributed by atoms with Crippen LogP contribution in [0.3, 0.4) is 0 Å². The molecule has 2 N–H and O–H groups in total. The largest absolute Gasteiger partial charge is 0.497 e. The Morgan fingerprint density at radius 2 is 1.75 bits per heavy atom. The summed E-state index contributed by atoms with van der Waals surface area (Å²) in [5, 5.41) is 0. The van der Waals surface area contributed by atoms with Crippen LogP contribution < -0.4 is 10.5 Å². The van der Waals surface area contributed by atoms with Gasteiger partial charge in [0.15, 0.2) is 0 Å². The molecule has 0 amide bonds. The number of benzene rings is 2. The van der Waals surface area contributed by atoms with Gasteiger partial charge in [0.05, 0.1) is 7.11 Å². The molecule has 0 unspecified atom stereocenters. The number of rotatable bonds is 3. The fraction of sp³-hybridized carbons (Fsp3) is 0.143. The monoisotopic (exact) mass is 213 g/mol.